The van der Waals surface area contributed by atoms with Crippen molar-refractivity contribution >= 4 is 29.3 Å². The van der Waals surface area contributed by atoms with Gasteiger partial charge in [-0.15, -0.1) is 0 Å². The van der Waals surface area contributed by atoms with Crippen molar-refractivity contribution in [2.24, 2.45) is 0 Å². The normalized spacial score (nSPS) is 10.9. The molecule has 0 atom stereocenters. The minimum Gasteiger partial charge on any atom is -0.490 e. The number of carbonyl (C=O) groups is 3. The number of carbonyl (C=O) groups excluding carboxylic acids is 3. The third kappa shape index (κ3) is 12.2. The third-order valence-corrected chi connectivity index (χ3v) is 7.09. The van der Waals surface area contributed by atoms with E-state index in [0.717, 1.165) is 5.56 Å². The largest absolute Gasteiger partial charge is 0.490 e. The molecule has 0 radical (unpaired) electrons. The maximum absolute atomic E-state index is 14.1. The first-order valence-electron chi connectivity index (χ1n) is 16.9. The first-order chi connectivity index (χ1) is 25.9. The molecule has 0 unspecified atom stereocenters. The molecule has 0 spiro atoms. The molecule has 4 aromatic rings. The monoisotopic (exact) mass is 746 g/mol. The van der Waals surface area contributed by atoms with Crippen molar-refractivity contribution in [2.75, 3.05) is 43.7 Å². The summed E-state index contributed by atoms with van der Waals surface area (Å²) in [5.74, 6) is -1.95. The highest BCUT2D eigenvalue weighted by atomic mass is 19.1. The topological polar surface area (TPSA) is 171 Å². The summed E-state index contributed by atoms with van der Waals surface area (Å²) in [6, 6.07) is 20.1. The molecule has 0 aliphatic heterocycles. The molecule has 0 heterocycles. The Hall–Kier alpha value is -6.12. The Kier molecular flexibility index (Phi) is 14.8. The molecule has 0 aromatic heterocycles. The van der Waals surface area contributed by atoms with Gasteiger partial charge in [0, 0.05) is 18.2 Å². The number of hydrogen-bond donors (Lipinski definition) is 4. The summed E-state index contributed by atoms with van der Waals surface area (Å²) >= 11 is 0. The maximum Gasteiger partial charge on any atom is 0.412 e. The predicted octanol–water partition coefficient (Wildman–Crippen LogP) is 6.67. The smallest absolute Gasteiger partial charge is 0.412 e. The van der Waals surface area contributed by atoms with Crippen molar-refractivity contribution < 1.29 is 57.4 Å². The number of anilines is 2. The van der Waals surface area contributed by atoms with Crippen molar-refractivity contribution in [3.8, 4) is 23.0 Å². The Bertz CT molecular complexity index is 1900. The van der Waals surface area contributed by atoms with Gasteiger partial charge in [0.05, 0.1) is 30.2 Å². The van der Waals surface area contributed by atoms with Crippen LogP contribution in [0.2, 0.25) is 0 Å². The molecule has 0 aliphatic carbocycles. The summed E-state index contributed by atoms with van der Waals surface area (Å²) in [6.45, 7) is 7.37. The highest BCUT2D eigenvalue weighted by Crippen LogP contribution is 2.38. The summed E-state index contributed by atoms with van der Waals surface area (Å²) in [4.78, 5) is 40.1. The van der Waals surface area contributed by atoms with E-state index in [1.54, 1.807) is 20.8 Å². The van der Waals surface area contributed by atoms with Gasteiger partial charge in [0.2, 0.25) is 0 Å². The number of benzene rings is 4. The van der Waals surface area contributed by atoms with Crippen LogP contribution in [-0.2, 0) is 22.7 Å². The zero-order chi connectivity index (χ0) is 39.1. The Morgan fingerprint density at radius 3 is 1.87 bits per heavy atom. The van der Waals surface area contributed by atoms with Crippen LogP contribution in [0.25, 0.3) is 0 Å². The Morgan fingerprint density at radius 2 is 1.26 bits per heavy atom. The van der Waals surface area contributed by atoms with Gasteiger partial charge in [0.1, 0.15) is 73.0 Å². The average molecular weight is 747 g/mol. The van der Waals surface area contributed by atoms with Crippen LogP contribution < -0.4 is 29.6 Å². The second-order valence-electron chi connectivity index (χ2n) is 12.5. The van der Waals surface area contributed by atoms with E-state index in [1.165, 1.54) is 54.6 Å². The number of aliphatic hydroxyl groups is 2. The molecule has 0 saturated heterocycles. The molecule has 0 saturated carbocycles. The molecule has 4 N–H and O–H groups in total. The molecule has 13 nitrogen and oxygen atoms in total. The fourth-order valence-electron chi connectivity index (χ4n) is 4.73. The molecular formula is C40H43FN2O11. The van der Waals surface area contributed by atoms with Gasteiger partial charge < -0.3 is 44.0 Å². The fraction of sp³-hybridized carbons (Fsp3) is 0.275. The minimum absolute atomic E-state index is 0.0134. The Balaban J connectivity index is 1.77. The van der Waals surface area contributed by atoms with E-state index in [2.05, 4.69) is 17.2 Å². The van der Waals surface area contributed by atoms with Crippen molar-refractivity contribution in [3.63, 3.8) is 0 Å². The van der Waals surface area contributed by atoms with Gasteiger partial charge in [-0.1, -0.05) is 55.1 Å². The Morgan fingerprint density at radius 1 is 0.722 bits per heavy atom. The highest BCUT2D eigenvalue weighted by molar-refractivity contribution is 6.08. The van der Waals surface area contributed by atoms with Crippen LogP contribution in [0, 0.1) is 5.82 Å². The first-order valence-corrected chi connectivity index (χ1v) is 16.9. The van der Waals surface area contributed by atoms with E-state index in [-0.39, 0.29) is 91.7 Å². The summed E-state index contributed by atoms with van der Waals surface area (Å²) < 4.78 is 47.8. The van der Waals surface area contributed by atoms with E-state index < -0.39 is 29.4 Å². The quantitative estimate of drug-likeness (QED) is 0.0634. The number of halogens is 1. The standard InChI is InChI=1S/C40H43FN2O11/c1-5-17-51-38(47)30-21-35(50-19-16-45)31(22-34(30)52-25-27-11-13-28(41)14-12-27)42-37(46)29-20-36(53-24-26-9-7-6-8-10-26)32(23-33(29)49-18-15-44)43-39(48)54-40(2,3)4/h5-14,20-23,44-45H,1,15-19,24-25H2,2-4H3,(H,42,46)(H,43,48). The predicted molar refractivity (Wildman–Crippen MR) is 198 cm³/mol. The molecule has 286 valence electrons. The number of hydrogen-bond acceptors (Lipinski definition) is 11. The van der Waals surface area contributed by atoms with Crippen LogP contribution in [0.3, 0.4) is 0 Å². The molecule has 54 heavy (non-hydrogen) atoms. The van der Waals surface area contributed by atoms with Crippen LogP contribution in [0.1, 0.15) is 52.6 Å². The van der Waals surface area contributed by atoms with Crippen LogP contribution in [0.4, 0.5) is 20.6 Å². The van der Waals surface area contributed by atoms with Gasteiger partial charge in [-0.2, -0.15) is 0 Å². The molecule has 0 aliphatic rings. The van der Waals surface area contributed by atoms with E-state index in [0.29, 0.717) is 5.56 Å². The lowest BCUT2D eigenvalue weighted by molar-refractivity contribution is 0.0542. The molecule has 4 aromatic carbocycles. The lowest BCUT2D eigenvalue weighted by atomic mass is 10.1. The van der Waals surface area contributed by atoms with E-state index >= 15 is 0 Å². The van der Waals surface area contributed by atoms with Gasteiger partial charge >= 0.3 is 12.1 Å². The van der Waals surface area contributed by atoms with Gasteiger partial charge in [-0.25, -0.2) is 14.0 Å². The van der Waals surface area contributed by atoms with Gasteiger partial charge in [0.15, 0.2) is 0 Å². The Labute approximate surface area is 312 Å². The van der Waals surface area contributed by atoms with E-state index in [4.69, 9.17) is 28.4 Å². The average Bonchev–Trinajstić information content (AvgIpc) is 3.14. The molecular weight excluding hydrogens is 703 g/mol. The maximum atomic E-state index is 14.1. The number of esters is 1. The second-order valence-corrected chi connectivity index (χ2v) is 12.5. The number of rotatable bonds is 18. The van der Waals surface area contributed by atoms with Gasteiger partial charge in [0.25, 0.3) is 5.91 Å². The SMILES string of the molecule is C=CCOC(=O)c1cc(OCCO)c(NC(=O)c2cc(OCc3ccccc3)c(NC(=O)OC(C)(C)C)cc2OCCO)cc1OCc1ccc(F)cc1. The molecule has 0 fully saturated rings. The zero-order valence-electron chi connectivity index (χ0n) is 30.2. The zero-order valence-corrected chi connectivity index (χ0v) is 30.2. The molecule has 0 bridgehead atoms. The molecule has 4 rings (SSSR count). The van der Waals surface area contributed by atoms with Gasteiger partial charge in [-0.3, -0.25) is 10.1 Å². The summed E-state index contributed by atoms with van der Waals surface area (Å²) in [5, 5.41) is 24.5. The van der Waals surface area contributed by atoms with Crippen molar-refractivity contribution in [3.05, 3.63) is 120 Å². The summed E-state index contributed by atoms with van der Waals surface area (Å²) in [5.41, 5.74) is 0.581. The highest BCUT2D eigenvalue weighted by Gasteiger charge is 2.25. The van der Waals surface area contributed by atoms with Crippen LogP contribution in [0.5, 0.6) is 23.0 Å². The van der Waals surface area contributed by atoms with Crippen LogP contribution >= 0.6 is 0 Å². The third-order valence-electron chi connectivity index (χ3n) is 7.09. The minimum atomic E-state index is -0.819. The first kappa shape index (κ1) is 40.6. The van der Waals surface area contributed by atoms with Crippen molar-refractivity contribution in [1.29, 1.82) is 0 Å². The van der Waals surface area contributed by atoms with Crippen molar-refractivity contribution in [2.45, 2.75) is 39.6 Å². The number of ether oxygens (including phenoxy) is 6. The number of nitrogens with one attached hydrogen (secondary N) is 2. The van der Waals surface area contributed by atoms with E-state index in [1.807, 2.05) is 30.3 Å². The van der Waals surface area contributed by atoms with E-state index in [9.17, 15) is 29.0 Å². The number of amides is 2. The van der Waals surface area contributed by atoms with Crippen LogP contribution in [0.15, 0.2) is 91.5 Å². The van der Waals surface area contributed by atoms with Crippen LogP contribution in [-0.4, -0.2) is 66.8 Å². The number of aliphatic hydroxyl groups excluding tert-OH is 2. The summed E-state index contributed by atoms with van der Waals surface area (Å²) in [6.07, 6.45) is 0.597. The van der Waals surface area contributed by atoms with Gasteiger partial charge in [-0.05, 0) is 50.1 Å². The van der Waals surface area contributed by atoms with Crippen molar-refractivity contribution in [1.82, 2.24) is 0 Å². The molecule has 14 heteroatoms. The summed E-state index contributed by atoms with van der Waals surface area (Å²) in [7, 11) is 0. The lowest BCUT2D eigenvalue weighted by Crippen LogP contribution is -2.27. The second kappa shape index (κ2) is 19.6. The molecule has 2 amide bonds. The lowest BCUT2D eigenvalue weighted by Gasteiger charge is -2.22. The fourth-order valence-corrected chi connectivity index (χ4v) is 4.73.